The summed E-state index contributed by atoms with van der Waals surface area (Å²) in [6, 6.07) is 14.0. The van der Waals surface area contributed by atoms with E-state index >= 15 is 0 Å². The van der Waals surface area contributed by atoms with Gasteiger partial charge in [-0.1, -0.05) is 18.2 Å². The number of Topliss-reactive ketones (excluding diaryl/α,β-unsaturated/α-hetero) is 1. The number of hydrogen-bond acceptors (Lipinski definition) is 7. The van der Waals surface area contributed by atoms with Gasteiger partial charge in [-0.25, -0.2) is 0 Å². The van der Waals surface area contributed by atoms with Crippen molar-refractivity contribution in [2.24, 2.45) is 5.92 Å². The third kappa shape index (κ3) is 8.44. The zero-order valence-corrected chi connectivity index (χ0v) is 20.3. The molecule has 1 aliphatic heterocycles. The number of carbonyl (C=O) groups is 4. The molecule has 3 rings (SSSR count). The van der Waals surface area contributed by atoms with Crippen LogP contribution in [0.25, 0.3) is 0 Å². The quantitative estimate of drug-likeness (QED) is 0.331. The molecule has 9 heteroatoms. The van der Waals surface area contributed by atoms with Gasteiger partial charge in [-0.2, -0.15) is 0 Å². The van der Waals surface area contributed by atoms with E-state index in [1.165, 1.54) is 14.2 Å². The van der Waals surface area contributed by atoms with Crippen LogP contribution in [-0.2, 0) is 14.3 Å². The number of methoxy groups -OCH3 is 2. The number of rotatable bonds is 9. The molecular weight excluding hydrogens is 452 g/mol. The molecule has 1 N–H and O–H groups in total. The van der Waals surface area contributed by atoms with Crippen LogP contribution in [0.15, 0.2) is 48.5 Å². The first kappa shape index (κ1) is 27.4. The number of amides is 2. The number of carbonyl (C=O) groups excluding carboxylic acids is 4. The summed E-state index contributed by atoms with van der Waals surface area (Å²) >= 11 is 0. The molecular formula is C26H32N2O7. The summed E-state index contributed by atoms with van der Waals surface area (Å²) in [6.45, 7) is 3.33. The molecule has 2 aromatic rings. The maximum Gasteiger partial charge on any atom is 0.309 e. The highest BCUT2D eigenvalue weighted by atomic mass is 16.5. The van der Waals surface area contributed by atoms with E-state index in [1.54, 1.807) is 35.2 Å². The number of nitrogens with zero attached hydrogens (tertiary/aromatic N) is 1. The second kappa shape index (κ2) is 14.4. The van der Waals surface area contributed by atoms with Crippen molar-refractivity contribution in [2.75, 3.05) is 40.5 Å². The first-order chi connectivity index (χ1) is 16.9. The Kier molecular flexibility index (Phi) is 11.3. The molecule has 1 saturated heterocycles. The van der Waals surface area contributed by atoms with E-state index in [-0.39, 0.29) is 24.2 Å². The highest BCUT2D eigenvalue weighted by Crippen LogP contribution is 2.27. The van der Waals surface area contributed by atoms with Crippen LogP contribution in [0.3, 0.4) is 0 Å². The molecule has 0 spiro atoms. The van der Waals surface area contributed by atoms with Crippen molar-refractivity contribution >= 4 is 24.1 Å². The molecule has 2 amide bonds. The molecule has 0 bridgehead atoms. The van der Waals surface area contributed by atoms with Crippen LogP contribution in [0.5, 0.6) is 11.5 Å². The fraction of sp³-hybridized carbons (Fsp3) is 0.385. The van der Waals surface area contributed by atoms with Crippen molar-refractivity contribution in [1.29, 1.82) is 0 Å². The lowest BCUT2D eigenvalue weighted by Gasteiger charge is -2.27. The Hall–Kier alpha value is -3.88. The third-order valence-electron chi connectivity index (χ3n) is 5.44. The van der Waals surface area contributed by atoms with Gasteiger partial charge < -0.3 is 24.4 Å². The minimum absolute atomic E-state index is 0.00639. The highest BCUT2D eigenvalue weighted by Gasteiger charge is 2.26. The summed E-state index contributed by atoms with van der Waals surface area (Å²) in [5, 5.41) is 2.72. The molecule has 35 heavy (non-hydrogen) atoms. The van der Waals surface area contributed by atoms with Crippen LogP contribution in [0.2, 0.25) is 0 Å². The lowest BCUT2D eigenvalue weighted by atomic mass is 9.97. The van der Waals surface area contributed by atoms with E-state index in [9.17, 15) is 19.2 Å². The van der Waals surface area contributed by atoms with Gasteiger partial charge in [-0.05, 0) is 50.1 Å². The molecule has 0 aromatic heterocycles. The van der Waals surface area contributed by atoms with Crippen molar-refractivity contribution in [3.63, 3.8) is 0 Å². The van der Waals surface area contributed by atoms with Gasteiger partial charge >= 0.3 is 5.97 Å². The minimum atomic E-state index is -0.394. The Morgan fingerprint density at radius 2 is 1.63 bits per heavy atom. The molecule has 0 radical (unpaired) electrons. The molecule has 0 saturated carbocycles. The van der Waals surface area contributed by atoms with E-state index in [0.717, 1.165) is 6.41 Å². The van der Waals surface area contributed by atoms with Gasteiger partial charge in [-0.15, -0.1) is 0 Å². The topological polar surface area (TPSA) is 111 Å². The molecule has 1 aliphatic rings. The van der Waals surface area contributed by atoms with Crippen LogP contribution in [0, 0.1) is 5.92 Å². The number of nitrogens with one attached hydrogen (secondary N) is 1. The summed E-state index contributed by atoms with van der Waals surface area (Å²) in [5.74, 6) is -0.0135. The SMILES string of the molecule is CCNC(=O)c1ccccc1.COc1ccc(C(=O)COC(=O)C2CCN(C=O)CC2)cc1OC. The van der Waals surface area contributed by atoms with Gasteiger partial charge in [0, 0.05) is 30.8 Å². The van der Waals surface area contributed by atoms with Crippen molar-refractivity contribution in [3.05, 3.63) is 59.7 Å². The largest absolute Gasteiger partial charge is 0.493 e. The molecule has 1 heterocycles. The molecule has 188 valence electrons. The van der Waals surface area contributed by atoms with E-state index in [4.69, 9.17) is 14.2 Å². The number of ketones is 1. The smallest absolute Gasteiger partial charge is 0.309 e. The summed E-state index contributed by atoms with van der Waals surface area (Å²) in [5.41, 5.74) is 1.10. The number of hydrogen-bond donors (Lipinski definition) is 1. The molecule has 1 fully saturated rings. The van der Waals surface area contributed by atoms with Gasteiger partial charge in [-0.3, -0.25) is 19.2 Å². The molecule has 0 atom stereocenters. The molecule has 9 nitrogen and oxygen atoms in total. The molecule has 0 unspecified atom stereocenters. The van der Waals surface area contributed by atoms with Crippen molar-refractivity contribution in [2.45, 2.75) is 19.8 Å². The van der Waals surface area contributed by atoms with Gasteiger partial charge in [0.1, 0.15) is 0 Å². The Morgan fingerprint density at radius 1 is 0.971 bits per heavy atom. The fourth-order valence-electron chi connectivity index (χ4n) is 3.44. The Balaban J connectivity index is 0.000000328. The molecule has 0 aliphatic carbocycles. The standard InChI is InChI=1S/C17H21NO6.C9H11NO/c1-22-15-4-3-13(9-16(15)23-2)14(20)10-24-17(21)12-5-7-18(11-19)8-6-12;1-2-10-9(11)8-6-4-3-5-7-8/h3-4,9,11-12H,5-8,10H2,1-2H3;3-7H,2H2,1H3,(H,10,11). The number of ether oxygens (including phenoxy) is 3. The third-order valence-corrected chi connectivity index (χ3v) is 5.44. The van der Waals surface area contributed by atoms with E-state index in [2.05, 4.69) is 5.32 Å². The van der Waals surface area contributed by atoms with Gasteiger partial charge in [0.15, 0.2) is 23.9 Å². The lowest BCUT2D eigenvalue weighted by Crippen LogP contribution is -2.36. The van der Waals surface area contributed by atoms with E-state index in [0.29, 0.717) is 55.1 Å². The van der Waals surface area contributed by atoms with Gasteiger partial charge in [0.05, 0.1) is 20.1 Å². The molecule has 2 aromatic carbocycles. The van der Waals surface area contributed by atoms with Crippen LogP contribution >= 0.6 is 0 Å². The monoisotopic (exact) mass is 484 g/mol. The number of benzene rings is 2. The van der Waals surface area contributed by atoms with E-state index < -0.39 is 5.97 Å². The zero-order chi connectivity index (χ0) is 25.6. The predicted octanol–water partition coefficient (Wildman–Crippen LogP) is 2.73. The first-order valence-electron chi connectivity index (χ1n) is 11.4. The Morgan fingerprint density at radius 3 is 2.20 bits per heavy atom. The fourth-order valence-corrected chi connectivity index (χ4v) is 3.44. The summed E-state index contributed by atoms with van der Waals surface area (Å²) in [6.07, 6.45) is 1.90. The Bertz CT molecular complexity index is 986. The van der Waals surface area contributed by atoms with Crippen molar-refractivity contribution < 1.29 is 33.4 Å². The van der Waals surface area contributed by atoms with Crippen LogP contribution in [-0.4, -0.2) is 69.4 Å². The number of likely N-dealkylation sites (tertiary alicyclic amines) is 1. The maximum atomic E-state index is 12.2. The second-order valence-electron chi connectivity index (χ2n) is 7.74. The average Bonchev–Trinajstić information content (AvgIpc) is 2.92. The normalized spacial score (nSPS) is 13.1. The van der Waals surface area contributed by atoms with Crippen molar-refractivity contribution in [1.82, 2.24) is 10.2 Å². The zero-order valence-electron chi connectivity index (χ0n) is 20.3. The number of esters is 1. The first-order valence-corrected chi connectivity index (χ1v) is 11.4. The summed E-state index contributed by atoms with van der Waals surface area (Å²) < 4.78 is 15.4. The summed E-state index contributed by atoms with van der Waals surface area (Å²) in [4.78, 5) is 47.6. The van der Waals surface area contributed by atoms with E-state index in [1.807, 2.05) is 25.1 Å². The van der Waals surface area contributed by atoms with Crippen LogP contribution in [0.4, 0.5) is 0 Å². The summed E-state index contributed by atoms with van der Waals surface area (Å²) in [7, 11) is 2.99. The number of piperidine rings is 1. The van der Waals surface area contributed by atoms with Crippen LogP contribution in [0.1, 0.15) is 40.5 Å². The van der Waals surface area contributed by atoms with Gasteiger partial charge in [0.25, 0.3) is 5.91 Å². The van der Waals surface area contributed by atoms with Crippen LogP contribution < -0.4 is 14.8 Å². The second-order valence-corrected chi connectivity index (χ2v) is 7.74. The van der Waals surface area contributed by atoms with Crippen molar-refractivity contribution in [3.8, 4) is 11.5 Å². The predicted molar refractivity (Wildman–Crippen MR) is 130 cm³/mol. The lowest BCUT2D eigenvalue weighted by molar-refractivity contribution is -0.149. The minimum Gasteiger partial charge on any atom is -0.493 e. The maximum absolute atomic E-state index is 12.2. The Labute approximate surface area is 205 Å². The highest BCUT2D eigenvalue weighted by molar-refractivity contribution is 5.98. The average molecular weight is 485 g/mol. The van der Waals surface area contributed by atoms with Gasteiger partial charge in [0.2, 0.25) is 6.41 Å².